The van der Waals surface area contributed by atoms with Gasteiger partial charge in [-0.1, -0.05) is 48.5 Å². The number of hydrogen-bond donors (Lipinski definition) is 0. The van der Waals surface area contributed by atoms with E-state index in [1.165, 1.54) is 6.92 Å². The fourth-order valence-electron chi connectivity index (χ4n) is 4.08. The van der Waals surface area contributed by atoms with Crippen molar-refractivity contribution in [1.29, 1.82) is 0 Å². The van der Waals surface area contributed by atoms with Gasteiger partial charge in [-0.3, -0.25) is 9.59 Å². The lowest BCUT2D eigenvalue weighted by Crippen LogP contribution is -2.35. The Hall–Kier alpha value is -4.00. The van der Waals surface area contributed by atoms with Crippen LogP contribution in [0.3, 0.4) is 0 Å². The number of methoxy groups -OCH3 is 3. The first-order chi connectivity index (χ1) is 17.4. The Morgan fingerprint density at radius 1 is 0.806 bits per heavy atom. The van der Waals surface area contributed by atoms with Crippen LogP contribution in [0.1, 0.15) is 36.0 Å². The predicted molar refractivity (Wildman–Crippen MR) is 137 cm³/mol. The van der Waals surface area contributed by atoms with E-state index in [9.17, 15) is 9.59 Å². The number of nitrogens with zero attached hydrogens (tertiary/aromatic N) is 1. The molecule has 7 heteroatoms. The maximum absolute atomic E-state index is 13.1. The molecule has 0 N–H and O–H groups in total. The maximum atomic E-state index is 13.1. The minimum atomic E-state index is -0.491. The normalized spacial score (nSPS) is 11.3. The smallest absolute Gasteiger partial charge is 0.303 e. The Morgan fingerprint density at radius 3 is 2.08 bits per heavy atom. The fraction of sp³-hybridized carbons (Fsp3) is 0.310. The molecule has 3 rings (SSSR count). The van der Waals surface area contributed by atoms with Gasteiger partial charge in [-0.15, -0.1) is 0 Å². The number of esters is 1. The van der Waals surface area contributed by atoms with E-state index in [1.54, 1.807) is 26.2 Å². The lowest BCUT2D eigenvalue weighted by molar-refractivity contribution is -0.150. The van der Waals surface area contributed by atoms with Gasteiger partial charge in [0.1, 0.15) is 5.75 Å². The van der Waals surface area contributed by atoms with Crippen molar-refractivity contribution in [2.75, 3.05) is 34.5 Å². The summed E-state index contributed by atoms with van der Waals surface area (Å²) in [5, 5.41) is 0. The van der Waals surface area contributed by atoms with Crippen LogP contribution in [-0.4, -0.2) is 51.3 Å². The summed E-state index contributed by atoms with van der Waals surface area (Å²) in [6.45, 7) is 1.78. The van der Waals surface area contributed by atoms with Gasteiger partial charge in [-0.05, 0) is 47.4 Å². The van der Waals surface area contributed by atoms with Crippen molar-refractivity contribution in [3.05, 3.63) is 89.5 Å². The number of carbonyl (C=O) groups excluding carboxylic acids is 2. The third kappa shape index (κ3) is 7.25. The predicted octanol–water partition coefficient (Wildman–Crippen LogP) is 4.83. The molecule has 0 aliphatic carbocycles. The summed E-state index contributed by atoms with van der Waals surface area (Å²) in [5.41, 5.74) is 3.16. The van der Waals surface area contributed by atoms with Crippen molar-refractivity contribution >= 4 is 11.9 Å². The zero-order valence-electron chi connectivity index (χ0n) is 21.2. The molecule has 0 saturated carbocycles. The molecule has 36 heavy (non-hydrogen) atoms. The number of benzene rings is 3. The van der Waals surface area contributed by atoms with Gasteiger partial charge in [-0.2, -0.15) is 0 Å². The maximum Gasteiger partial charge on any atom is 0.303 e. The van der Waals surface area contributed by atoms with Crippen molar-refractivity contribution in [3.8, 4) is 17.2 Å². The average Bonchev–Trinajstić information content (AvgIpc) is 2.91. The van der Waals surface area contributed by atoms with Crippen LogP contribution in [0.15, 0.2) is 72.8 Å². The minimum Gasteiger partial charge on any atom is -0.497 e. The van der Waals surface area contributed by atoms with Crippen molar-refractivity contribution in [2.24, 2.45) is 0 Å². The fourth-order valence-corrected chi connectivity index (χ4v) is 4.08. The highest BCUT2D eigenvalue weighted by molar-refractivity contribution is 5.80. The summed E-state index contributed by atoms with van der Waals surface area (Å²) >= 11 is 0. The van der Waals surface area contributed by atoms with Crippen LogP contribution in [0, 0.1) is 0 Å². The third-order valence-corrected chi connectivity index (χ3v) is 5.98. The first-order valence-electron chi connectivity index (χ1n) is 11.8. The highest BCUT2D eigenvalue weighted by atomic mass is 16.5. The highest BCUT2D eigenvalue weighted by Crippen LogP contribution is 2.31. The molecule has 0 radical (unpaired) electrons. The standard InChI is InChI=1S/C29H33NO6/c1-21(31)36-20-29(32)30(19-22-10-15-27(34-3)28(18-22)35-4)17-16-26(23-8-6-5-7-9-23)24-11-13-25(33-2)14-12-24/h5-15,18,26H,16-17,19-20H2,1-4H3. The molecule has 0 saturated heterocycles. The number of ether oxygens (including phenoxy) is 4. The van der Waals surface area contributed by atoms with E-state index < -0.39 is 5.97 Å². The van der Waals surface area contributed by atoms with Crippen LogP contribution in [0.25, 0.3) is 0 Å². The quantitative estimate of drug-likeness (QED) is 0.338. The second-order valence-corrected chi connectivity index (χ2v) is 8.31. The molecule has 0 bridgehead atoms. The van der Waals surface area contributed by atoms with E-state index in [-0.39, 0.29) is 18.4 Å². The largest absolute Gasteiger partial charge is 0.497 e. The monoisotopic (exact) mass is 491 g/mol. The highest BCUT2D eigenvalue weighted by Gasteiger charge is 2.21. The second-order valence-electron chi connectivity index (χ2n) is 8.31. The van der Waals surface area contributed by atoms with Gasteiger partial charge in [0.25, 0.3) is 5.91 Å². The number of rotatable bonds is 12. The summed E-state index contributed by atoms with van der Waals surface area (Å²) in [4.78, 5) is 26.1. The first-order valence-corrected chi connectivity index (χ1v) is 11.8. The summed E-state index contributed by atoms with van der Waals surface area (Å²) in [6, 6.07) is 23.7. The van der Waals surface area contributed by atoms with Crippen LogP contribution in [-0.2, 0) is 20.9 Å². The first kappa shape index (κ1) is 26.6. The molecular formula is C29H33NO6. The molecule has 0 fully saturated rings. The van der Waals surface area contributed by atoms with Gasteiger partial charge in [0.2, 0.25) is 0 Å². The molecule has 0 spiro atoms. The van der Waals surface area contributed by atoms with E-state index in [0.29, 0.717) is 31.0 Å². The Labute approximate surface area is 212 Å². The molecule has 7 nitrogen and oxygen atoms in total. The van der Waals surface area contributed by atoms with Crippen LogP contribution < -0.4 is 14.2 Å². The molecular weight excluding hydrogens is 458 g/mol. The molecule has 1 amide bonds. The van der Waals surface area contributed by atoms with Crippen LogP contribution in [0.4, 0.5) is 0 Å². The number of carbonyl (C=O) groups is 2. The lowest BCUT2D eigenvalue weighted by Gasteiger charge is -2.26. The van der Waals surface area contributed by atoms with Crippen molar-refractivity contribution < 1.29 is 28.5 Å². The Bertz CT molecular complexity index is 1130. The van der Waals surface area contributed by atoms with E-state index >= 15 is 0 Å². The van der Waals surface area contributed by atoms with Crippen LogP contribution in [0.2, 0.25) is 0 Å². The van der Waals surface area contributed by atoms with Gasteiger partial charge >= 0.3 is 5.97 Å². The molecule has 3 aromatic rings. The van der Waals surface area contributed by atoms with Gasteiger partial charge in [-0.25, -0.2) is 0 Å². The SMILES string of the molecule is COc1ccc(C(CCN(Cc2ccc(OC)c(OC)c2)C(=O)COC(C)=O)c2ccccc2)cc1. The van der Waals surface area contributed by atoms with E-state index in [2.05, 4.69) is 24.3 Å². The van der Waals surface area contributed by atoms with E-state index in [4.69, 9.17) is 18.9 Å². The summed E-state index contributed by atoms with van der Waals surface area (Å²) in [7, 11) is 4.80. The van der Waals surface area contributed by atoms with Crippen molar-refractivity contribution in [3.63, 3.8) is 0 Å². The lowest BCUT2D eigenvalue weighted by atomic mass is 9.88. The van der Waals surface area contributed by atoms with Gasteiger partial charge in [0.15, 0.2) is 18.1 Å². The van der Waals surface area contributed by atoms with E-state index in [1.807, 2.05) is 48.5 Å². The average molecular weight is 492 g/mol. The third-order valence-electron chi connectivity index (χ3n) is 5.98. The summed E-state index contributed by atoms with van der Waals surface area (Å²) in [6.07, 6.45) is 0.676. The molecule has 0 aromatic heterocycles. The molecule has 0 heterocycles. The van der Waals surface area contributed by atoms with Gasteiger partial charge < -0.3 is 23.8 Å². The van der Waals surface area contributed by atoms with Crippen molar-refractivity contribution in [1.82, 2.24) is 4.90 Å². The number of amides is 1. The molecule has 1 unspecified atom stereocenters. The molecule has 190 valence electrons. The molecule has 0 aliphatic heterocycles. The van der Waals surface area contributed by atoms with Gasteiger partial charge in [0, 0.05) is 25.9 Å². The molecule has 1 atom stereocenters. The zero-order valence-corrected chi connectivity index (χ0v) is 21.2. The Balaban J connectivity index is 1.85. The topological polar surface area (TPSA) is 74.3 Å². The van der Waals surface area contributed by atoms with Crippen molar-refractivity contribution in [2.45, 2.75) is 25.8 Å². The number of hydrogen-bond acceptors (Lipinski definition) is 6. The Kier molecular flexibility index (Phi) is 9.74. The summed E-state index contributed by atoms with van der Waals surface area (Å²) in [5.74, 6) is 1.30. The molecule has 3 aromatic carbocycles. The Morgan fingerprint density at radius 2 is 1.47 bits per heavy atom. The van der Waals surface area contributed by atoms with Crippen LogP contribution in [0.5, 0.6) is 17.2 Å². The van der Waals surface area contributed by atoms with Gasteiger partial charge in [0.05, 0.1) is 21.3 Å². The second kappa shape index (κ2) is 13.2. The molecule has 0 aliphatic rings. The van der Waals surface area contributed by atoms with E-state index in [0.717, 1.165) is 22.4 Å². The minimum absolute atomic E-state index is 0.0616. The summed E-state index contributed by atoms with van der Waals surface area (Å²) < 4.78 is 21.1. The van der Waals surface area contributed by atoms with Crippen LogP contribution >= 0.6 is 0 Å². The zero-order chi connectivity index (χ0) is 25.9.